The fraction of sp³-hybridized carbons (Fsp3) is 0.500. The lowest BCUT2D eigenvalue weighted by molar-refractivity contribution is -0.128. The molecule has 4 nitrogen and oxygen atoms in total. The van der Waals surface area contributed by atoms with Gasteiger partial charge >= 0.3 is 0 Å². The van der Waals surface area contributed by atoms with Crippen LogP contribution in [0.5, 0.6) is 0 Å². The molecule has 0 unspecified atom stereocenters. The number of hydrogen-bond donors (Lipinski definition) is 0. The smallest absolute Gasteiger partial charge is 0.257 e. The van der Waals surface area contributed by atoms with Crippen molar-refractivity contribution in [1.29, 1.82) is 10.5 Å². The van der Waals surface area contributed by atoms with Crippen molar-refractivity contribution in [2.75, 3.05) is 13.1 Å². The van der Waals surface area contributed by atoms with Gasteiger partial charge in [-0.3, -0.25) is 4.79 Å². The number of nitriles is 2. The molecule has 1 amide bonds. The first kappa shape index (κ1) is 11.0. The standard InChI is InChI=1S/C6H5Cl2N3O/c7-5(8)6(12)11(3-1-9)4-2-10/h5H,3-4H2. The average molecular weight is 206 g/mol. The van der Waals surface area contributed by atoms with Crippen molar-refractivity contribution in [1.82, 2.24) is 4.90 Å². The van der Waals surface area contributed by atoms with Crippen LogP contribution in [-0.2, 0) is 4.79 Å². The van der Waals surface area contributed by atoms with E-state index in [9.17, 15) is 4.79 Å². The predicted octanol–water partition coefficient (Wildman–Crippen LogP) is 0.666. The molecule has 0 N–H and O–H groups in total. The summed E-state index contributed by atoms with van der Waals surface area (Å²) in [4.78, 5) is 10.7. The topological polar surface area (TPSA) is 67.9 Å². The summed E-state index contributed by atoms with van der Waals surface area (Å²) in [6.07, 6.45) is 0. The van der Waals surface area contributed by atoms with Gasteiger partial charge in [-0.05, 0) is 0 Å². The van der Waals surface area contributed by atoms with E-state index in [1.54, 1.807) is 12.1 Å². The molecule has 0 aliphatic carbocycles. The summed E-state index contributed by atoms with van der Waals surface area (Å²) in [5.74, 6) is -0.624. The Labute approximate surface area is 79.9 Å². The average Bonchev–Trinajstić information content (AvgIpc) is 2.03. The van der Waals surface area contributed by atoms with Crippen molar-refractivity contribution in [3.05, 3.63) is 0 Å². The van der Waals surface area contributed by atoms with Crippen LogP contribution >= 0.6 is 23.2 Å². The molecule has 0 atom stereocenters. The maximum absolute atomic E-state index is 11.0. The van der Waals surface area contributed by atoms with E-state index in [1.165, 1.54) is 0 Å². The summed E-state index contributed by atoms with van der Waals surface area (Å²) in [6, 6.07) is 3.45. The van der Waals surface area contributed by atoms with Crippen LogP contribution in [0.25, 0.3) is 0 Å². The van der Waals surface area contributed by atoms with Gasteiger partial charge in [0, 0.05) is 0 Å². The van der Waals surface area contributed by atoms with E-state index in [-0.39, 0.29) is 13.1 Å². The molecule has 0 spiro atoms. The molecule has 0 aromatic carbocycles. The van der Waals surface area contributed by atoms with Crippen molar-refractivity contribution in [3.8, 4) is 12.1 Å². The first-order chi connectivity index (χ1) is 5.63. The number of nitrogens with zero attached hydrogens (tertiary/aromatic N) is 3. The van der Waals surface area contributed by atoms with Crippen LogP contribution in [0.2, 0.25) is 0 Å². The van der Waals surface area contributed by atoms with Crippen molar-refractivity contribution < 1.29 is 4.79 Å². The first-order valence-corrected chi connectivity index (χ1v) is 3.81. The van der Waals surface area contributed by atoms with Crippen molar-refractivity contribution >= 4 is 29.1 Å². The molecule has 0 saturated carbocycles. The molecule has 0 radical (unpaired) electrons. The Balaban J connectivity index is 4.23. The van der Waals surface area contributed by atoms with Gasteiger partial charge in [0.1, 0.15) is 13.1 Å². The van der Waals surface area contributed by atoms with Gasteiger partial charge < -0.3 is 4.90 Å². The van der Waals surface area contributed by atoms with Crippen LogP contribution < -0.4 is 0 Å². The molecule has 0 bridgehead atoms. The van der Waals surface area contributed by atoms with Crippen molar-refractivity contribution in [2.24, 2.45) is 0 Å². The van der Waals surface area contributed by atoms with E-state index in [2.05, 4.69) is 0 Å². The first-order valence-electron chi connectivity index (χ1n) is 2.94. The molecule has 0 aromatic rings. The minimum absolute atomic E-state index is 0.178. The molecule has 0 rings (SSSR count). The van der Waals surface area contributed by atoms with Crippen LogP contribution in [0.15, 0.2) is 0 Å². The lowest BCUT2D eigenvalue weighted by Crippen LogP contribution is -2.35. The quantitative estimate of drug-likeness (QED) is 0.503. The Hall–Kier alpha value is -0.970. The highest BCUT2D eigenvalue weighted by Gasteiger charge is 2.19. The maximum atomic E-state index is 11.0. The number of rotatable bonds is 3. The number of hydrogen-bond acceptors (Lipinski definition) is 3. The van der Waals surface area contributed by atoms with E-state index in [0.717, 1.165) is 4.90 Å². The Morgan fingerprint density at radius 1 is 1.33 bits per heavy atom. The van der Waals surface area contributed by atoms with E-state index in [1.807, 2.05) is 0 Å². The Morgan fingerprint density at radius 3 is 2.00 bits per heavy atom. The third-order valence-electron chi connectivity index (χ3n) is 1.02. The summed E-state index contributed by atoms with van der Waals surface area (Å²) in [5, 5.41) is 16.5. The number of halogens is 2. The Morgan fingerprint density at radius 2 is 1.75 bits per heavy atom. The summed E-state index contributed by atoms with van der Waals surface area (Å²) in [7, 11) is 0. The molecular formula is C6H5Cl2N3O. The second kappa shape index (κ2) is 5.65. The molecular weight excluding hydrogens is 201 g/mol. The highest BCUT2D eigenvalue weighted by atomic mass is 35.5. The third-order valence-corrected chi connectivity index (χ3v) is 1.39. The maximum Gasteiger partial charge on any atom is 0.257 e. The van der Waals surface area contributed by atoms with Gasteiger partial charge in [0.25, 0.3) is 5.91 Å². The van der Waals surface area contributed by atoms with Crippen LogP contribution in [-0.4, -0.2) is 28.7 Å². The van der Waals surface area contributed by atoms with Crippen LogP contribution in [0.4, 0.5) is 0 Å². The zero-order valence-corrected chi connectivity index (χ0v) is 7.51. The molecule has 0 fully saturated rings. The molecule has 0 aliphatic rings. The van der Waals surface area contributed by atoms with Gasteiger partial charge in [-0.1, -0.05) is 23.2 Å². The predicted molar refractivity (Wildman–Crippen MR) is 43.3 cm³/mol. The summed E-state index contributed by atoms with van der Waals surface area (Å²) in [5.41, 5.74) is 0. The Kier molecular flexibility index (Phi) is 5.19. The van der Waals surface area contributed by atoms with E-state index in [0.29, 0.717) is 0 Å². The number of carbonyl (C=O) groups excluding carboxylic acids is 1. The molecule has 0 saturated heterocycles. The largest absolute Gasteiger partial charge is 0.314 e. The third kappa shape index (κ3) is 3.43. The SMILES string of the molecule is N#CCN(CC#N)C(=O)C(Cl)Cl. The zero-order valence-electron chi connectivity index (χ0n) is 6.00. The highest BCUT2D eigenvalue weighted by molar-refractivity contribution is 6.53. The van der Waals surface area contributed by atoms with E-state index >= 15 is 0 Å². The minimum atomic E-state index is -1.22. The van der Waals surface area contributed by atoms with Gasteiger partial charge in [-0.25, -0.2) is 0 Å². The fourth-order valence-corrected chi connectivity index (χ4v) is 0.796. The van der Waals surface area contributed by atoms with Crippen LogP contribution in [0.1, 0.15) is 0 Å². The number of amides is 1. The normalized spacial score (nSPS) is 8.75. The number of alkyl halides is 2. The van der Waals surface area contributed by atoms with E-state index < -0.39 is 10.7 Å². The zero-order chi connectivity index (χ0) is 9.56. The van der Waals surface area contributed by atoms with E-state index in [4.69, 9.17) is 33.7 Å². The Bertz CT molecular complexity index is 224. The molecule has 0 aromatic heterocycles. The van der Waals surface area contributed by atoms with Gasteiger partial charge in [0.2, 0.25) is 0 Å². The minimum Gasteiger partial charge on any atom is -0.314 e. The molecule has 6 heteroatoms. The molecule has 64 valence electrons. The summed E-state index contributed by atoms with van der Waals surface area (Å²) < 4.78 is 0. The second-order valence-electron chi connectivity index (χ2n) is 1.81. The van der Waals surface area contributed by atoms with Gasteiger partial charge in [0.15, 0.2) is 4.84 Å². The number of carbonyl (C=O) groups is 1. The molecule has 12 heavy (non-hydrogen) atoms. The lowest BCUT2D eigenvalue weighted by Gasteiger charge is -2.15. The molecule has 0 aliphatic heterocycles. The van der Waals surface area contributed by atoms with Crippen molar-refractivity contribution in [2.45, 2.75) is 4.84 Å². The fourth-order valence-electron chi connectivity index (χ4n) is 0.520. The summed E-state index contributed by atoms with van der Waals surface area (Å²) in [6.45, 7) is -0.356. The van der Waals surface area contributed by atoms with Crippen LogP contribution in [0, 0.1) is 22.7 Å². The van der Waals surface area contributed by atoms with Gasteiger partial charge in [0.05, 0.1) is 12.1 Å². The van der Waals surface area contributed by atoms with Gasteiger partial charge in [-0.2, -0.15) is 10.5 Å². The van der Waals surface area contributed by atoms with Gasteiger partial charge in [-0.15, -0.1) is 0 Å². The van der Waals surface area contributed by atoms with Crippen molar-refractivity contribution in [3.63, 3.8) is 0 Å². The summed E-state index contributed by atoms with van der Waals surface area (Å²) >= 11 is 10.5. The monoisotopic (exact) mass is 205 g/mol. The van der Waals surface area contributed by atoms with Crippen LogP contribution in [0.3, 0.4) is 0 Å². The second-order valence-corrected chi connectivity index (χ2v) is 2.91. The lowest BCUT2D eigenvalue weighted by atomic mass is 10.5. The highest BCUT2D eigenvalue weighted by Crippen LogP contribution is 2.06. The molecule has 0 heterocycles.